The van der Waals surface area contributed by atoms with Crippen molar-refractivity contribution in [2.45, 2.75) is 51.1 Å². The number of rotatable bonds is 3. The molecule has 1 aliphatic carbocycles. The Balaban J connectivity index is 0.00000176. The van der Waals surface area contributed by atoms with Gasteiger partial charge in [0.05, 0.1) is 12.2 Å². The number of aliphatic imine (C=N–C) groups is 1. The van der Waals surface area contributed by atoms with Crippen LogP contribution in [-0.2, 0) is 6.54 Å². The SMILES string of the molecule is I.NC(=NCc1cn2ccccc2n1)NC1CCCCCC1. The van der Waals surface area contributed by atoms with Crippen LogP contribution in [0, 0.1) is 0 Å². The maximum absolute atomic E-state index is 6.00. The Morgan fingerprint density at radius 1 is 1.27 bits per heavy atom. The van der Waals surface area contributed by atoms with Gasteiger partial charge in [-0.3, -0.25) is 0 Å². The van der Waals surface area contributed by atoms with Crippen molar-refractivity contribution in [1.82, 2.24) is 14.7 Å². The highest BCUT2D eigenvalue weighted by molar-refractivity contribution is 14.0. The first kappa shape index (κ1) is 17.1. The van der Waals surface area contributed by atoms with Gasteiger partial charge in [-0.2, -0.15) is 0 Å². The molecule has 1 fully saturated rings. The first-order valence-corrected chi connectivity index (χ1v) is 7.80. The number of nitrogens with two attached hydrogens (primary N) is 1. The summed E-state index contributed by atoms with van der Waals surface area (Å²) in [5.74, 6) is 0.541. The van der Waals surface area contributed by atoms with Gasteiger partial charge in [0.25, 0.3) is 0 Å². The summed E-state index contributed by atoms with van der Waals surface area (Å²) in [5.41, 5.74) is 7.88. The fraction of sp³-hybridized carbons (Fsp3) is 0.500. The lowest BCUT2D eigenvalue weighted by Crippen LogP contribution is -2.39. The minimum Gasteiger partial charge on any atom is -0.370 e. The minimum absolute atomic E-state index is 0. The monoisotopic (exact) mass is 413 g/mol. The van der Waals surface area contributed by atoms with Crippen LogP contribution in [0.1, 0.15) is 44.2 Å². The second-order valence-electron chi connectivity index (χ2n) is 5.73. The number of nitrogens with one attached hydrogen (secondary N) is 1. The summed E-state index contributed by atoms with van der Waals surface area (Å²) in [5, 5.41) is 3.36. The third kappa shape index (κ3) is 4.59. The third-order valence-corrected chi connectivity index (χ3v) is 4.03. The van der Waals surface area contributed by atoms with Gasteiger partial charge in [-0.1, -0.05) is 31.7 Å². The van der Waals surface area contributed by atoms with Gasteiger partial charge in [-0.05, 0) is 25.0 Å². The highest BCUT2D eigenvalue weighted by Crippen LogP contribution is 2.17. The lowest BCUT2D eigenvalue weighted by Gasteiger charge is -2.16. The van der Waals surface area contributed by atoms with Crippen LogP contribution in [0.4, 0.5) is 0 Å². The molecule has 0 amide bonds. The van der Waals surface area contributed by atoms with Gasteiger partial charge in [0.15, 0.2) is 5.96 Å². The van der Waals surface area contributed by atoms with E-state index in [4.69, 9.17) is 5.73 Å². The zero-order valence-corrected chi connectivity index (χ0v) is 15.1. The third-order valence-electron chi connectivity index (χ3n) is 4.03. The summed E-state index contributed by atoms with van der Waals surface area (Å²) in [6.07, 6.45) is 11.7. The molecule has 0 bridgehead atoms. The van der Waals surface area contributed by atoms with E-state index in [2.05, 4.69) is 15.3 Å². The van der Waals surface area contributed by atoms with Gasteiger partial charge in [0.2, 0.25) is 0 Å². The number of pyridine rings is 1. The number of guanidine groups is 1. The predicted molar refractivity (Wildman–Crippen MR) is 101 cm³/mol. The summed E-state index contributed by atoms with van der Waals surface area (Å²) in [6.45, 7) is 0.521. The average molecular weight is 413 g/mol. The molecule has 120 valence electrons. The van der Waals surface area contributed by atoms with Gasteiger partial charge in [0.1, 0.15) is 5.65 Å². The lowest BCUT2D eigenvalue weighted by atomic mass is 10.1. The van der Waals surface area contributed by atoms with E-state index in [0.717, 1.165) is 11.3 Å². The first-order chi connectivity index (χ1) is 10.3. The quantitative estimate of drug-likeness (QED) is 0.352. The second kappa shape index (κ2) is 8.36. The Hall–Kier alpha value is -1.31. The first-order valence-electron chi connectivity index (χ1n) is 7.80. The zero-order chi connectivity index (χ0) is 14.5. The van der Waals surface area contributed by atoms with E-state index >= 15 is 0 Å². The van der Waals surface area contributed by atoms with Gasteiger partial charge < -0.3 is 15.5 Å². The fourth-order valence-electron chi connectivity index (χ4n) is 2.91. The Morgan fingerprint density at radius 3 is 2.77 bits per heavy atom. The standard InChI is InChI=1S/C16H23N5.HI/c17-16(20-13-7-3-1-2-4-8-13)18-11-14-12-21-10-6-5-9-15(21)19-14;/h5-6,9-10,12-13H,1-4,7-8,11H2,(H3,17,18,20);1H. The number of fused-ring (bicyclic) bond motifs is 1. The molecule has 0 unspecified atom stereocenters. The summed E-state index contributed by atoms with van der Waals surface area (Å²) in [7, 11) is 0. The molecule has 5 nitrogen and oxygen atoms in total. The maximum Gasteiger partial charge on any atom is 0.189 e. The molecular weight excluding hydrogens is 389 g/mol. The number of hydrogen-bond donors (Lipinski definition) is 2. The molecular formula is C16H24IN5. The van der Waals surface area contributed by atoms with Gasteiger partial charge in [-0.25, -0.2) is 9.98 Å². The number of imidazole rings is 1. The van der Waals surface area contributed by atoms with Crippen LogP contribution < -0.4 is 11.1 Å². The molecule has 3 N–H and O–H groups in total. The molecule has 0 aromatic carbocycles. The van der Waals surface area contributed by atoms with Gasteiger partial charge in [-0.15, -0.1) is 24.0 Å². The van der Waals surface area contributed by atoms with Gasteiger partial charge >= 0.3 is 0 Å². The van der Waals surface area contributed by atoms with E-state index in [1.807, 2.05) is 35.0 Å². The van der Waals surface area contributed by atoms with E-state index in [1.54, 1.807) is 0 Å². The zero-order valence-electron chi connectivity index (χ0n) is 12.7. The van der Waals surface area contributed by atoms with E-state index in [9.17, 15) is 0 Å². The van der Waals surface area contributed by atoms with Crippen LogP contribution in [0.5, 0.6) is 0 Å². The Kier molecular flexibility index (Phi) is 6.48. The Bertz CT molecular complexity index is 581. The van der Waals surface area contributed by atoms with Crippen LogP contribution in [0.25, 0.3) is 5.65 Å². The number of nitrogens with zero attached hydrogens (tertiary/aromatic N) is 3. The number of aromatic nitrogens is 2. The highest BCUT2D eigenvalue weighted by atomic mass is 127. The molecule has 1 saturated carbocycles. The van der Waals surface area contributed by atoms with Crippen LogP contribution in [0.15, 0.2) is 35.6 Å². The van der Waals surface area contributed by atoms with Gasteiger partial charge in [0, 0.05) is 18.4 Å². The van der Waals surface area contributed by atoms with Crippen molar-refractivity contribution in [1.29, 1.82) is 0 Å². The van der Waals surface area contributed by atoms with Crippen LogP contribution in [-0.4, -0.2) is 21.4 Å². The van der Waals surface area contributed by atoms with Crippen LogP contribution >= 0.6 is 24.0 Å². The van der Waals surface area contributed by atoms with E-state index in [-0.39, 0.29) is 24.0 Å². The number of halogens is 1. The van der Waals surface area contributed by atoms with E-state index < -0.39 is 0 Å². The smallest absolute Gasteiger partial charge is 0.189 e. The topological polar surface area (TPSA) is 67.7 Å². The van der Waals surface area contributed by atoms with E-state index in [0.29, 0.717) is 18.5 Å². The van der Waals surface area contributed by atoms with Crippen molar-refractivity contribution >= 4 is 35.6 Å². The summed E-state index contributed by atoms with van der Waals surface area (Å²) >= 11 is 0. The minimum atomic E-state index is 0. The van der Waals surface area contributed by atoms with Crippen molar-refractivity contribution in [3.63, 3.8) is 0 Å². The molecule has 0 radical (unpaired) electrons. The summed E-state index contributed by atoms with van der Waals surface area (Å²) in [6, 6.07) is 6.44. The summed E-state index contributed by atoms with van der Waals surface area (Å²) in [4.78, 5) is 8.94. The fourth-order valence-corrected chi connectivity index (χ4v) is 2.91. The van der Waals surface area contributed by atoms with Crippen molar-refractivity contribution in [2.24, 2.45) is 10.7 Å². The number of hydrogen-bond acceptors (Lipinski definition) is 2. The molecule has 0 atom stereocenters. The van der Waals surface area contributed by atoms with Crippen molar-refractivity contribution in [3.05, 3.63) is 36.3 Å². The largest absolute Gasteiger partial charge is 0.370 e. The molecule has 1 aliphatic rings. The predicted octanol–water partition coefficient (Wildman–Crippen LogP) is 3.08. The van der Waals surface area contributed by atoms with Crippen LogP contribution in [0.3, 0.4) is 0 Å². The molecule has 0 spiro atoms. The molecule has 22 heavy (non-hydrogen) atoms. The Labute approximate surface area is 148 Å². The molecule has 2 aromatic heterocycles. The highest BCUT2D eigenvalue weighted by Gasteiger charge is 2.12. The van der Waals surface area contributed by atoms with Crippen molar-refractivity contribution in [2.75, 3.05) is 0 Å². The second-order valence-corrected chi connectivity index (χ2v) is 5.73. The Morgan fingerprint density at radius 2 is 2.05 bits per heavy atom. The molecule has 2 aromatic rings. The normalized spacial score (nSPS) is 17.0. The average Bonchev–Trinajstić information content (AvgIpc) is 2.74. The van der Waals surface area contributed by atoms with Crippen LogP contribution in [0.2, 0.25) is 0 Å². The molecule has 2 heterocycles. The molecule has 6 heteroatoms. The maximum atomic E-state index is 6.00. The lowest BCUT2D eigenvalue weighted by molar-refractivity contribution is 0.530. The molecule has 3 rings (SSSR count). The summed E-state index contributed by atoms with van der Waals surface area (Å²) < 4.78 is 2.00. The van der Waals surface area contributed by atoms with Crippen molar-refractivity contribution in [3.8, 4) is 0 Å². The molecule has 0 aliphatic heterocycles. The van der Waals surface area contributed by atoms with E-state index in [1.165, 1.54) is 38.5 Å². The van der Waals surface area contributed by atoms with Crippen molar-refractivity contribution < 1.29 is 0 Å². The molecule has 0 saturated heterocycles.